The molecule has 0 saturated heterocycles. The molecule has 0 aliphatic rings. The first-order chi connectivity index (χ1) is 11.1. The zero-order valence-corrected chi connectivity index (χ0v) is 14.5. The molecule has 0 aliphatic heterocycles. The van der Waals surface area contributed by atoms with E-state index in [0.717, 1.165) is 0 Å². The number of fused-ring (bicyclic) bond motifs is 1. The molecule has 2 heterocycles. The fourth-order valence-corrected chi connectivity index (χ4v) is 3.73. The number of thioether (sulfide) groups is 2. The van der Waals surface area contributed by atoms with Crippen LogP contribution in [0.4, 0.5) is 0 Å². The lowest BCUT2D eigenvalue weighted by molar-refractivity contribution is -0.133. The SMILES string of the molecule is O=C(O)CSCCNC(=O)CSCc1cc(=O)n2ccsc2n1. The zero-order valence-electron chi connectivity index (χ0n) is 12.1. The van der Waals surface area contributed by atoms with Crippen LogP contribution < -0.4 is 10.9 Å². The first-order valence-corrected chi connectivity index (χ1v) is 9.85. The van der Waals surface area contributed by atoms with E-state index < -0.39 is 5.97 Å². The van der Waals surface area contributed by atoms with Crippen molar-refractivity contribution in [1.29, 1.82) is 0 Å². The molecule has 2 rings (SSSR count). The summed E-state index contributed by atoms with van der Waals surface area (Å²) in [6, 6.07) is 1.48. The molecule has 2 N–H and O–H groups in total. The number of aliphatic carboxylic acids is 1. The highest BCUT2D eigenvalue weighted by Gasteiger charge is 2.06. The maximum atomic E-state index is 11.8. The van der Waals surface area contributed by atoms with Gasteiger partial charge in [0.1, 0.15) is 0 Å². The minimum Gasteiger partial charge on any atom is -0.481 e. The van der Waals surface area contributed by atoms with E-state index in [-0.39, 0.29) is 23.0 Å². The van der Waals surface area contributed by atoms with E-state index in [0.29, 0.717) is 28.7 Å². The summed E-state index contributed by atoms with van der Waals surface area (Å²) in [5, 5.41) is 13.0. The van der Waals surface area contributed by atoms with Gasteiger partial charge in [-0.25, -0.2) is 4.98 Å². The number of rotatable bonds is 9. The Balaban J connectivity index is 1.68. The summed E-state index contributed by atoms with van der Waals surface area (Å²) in [7, 11) is 0. The average Bonchev–Trinajstić information content (AvgIpc) is 2.95. The Morgan fingerprint density at radius 3 is 2.96 bits per heavy atom. The topological polar surface area (TPSA) is 101 Å². The molecule has 0 aromatic carbocycles. The Bertz CT molecular complexity index is 743. The zero-order chi connectivity index (χ0) is 16.7. The van der Waals surface area contributed by atoms with Crippen molar-refractivity contribution >= 4 is 51.7 Å². The standard InChI is InChI=1S/C13H15N3O4S3/c17-10(14-1-3-21-8-12(19)20)7-22-6-9-5-11(18)16-2-4-23-13(16)15-9/h2,4-5H,1,3,6-8H2,(H,14,17)(H,19,20). The van der Waals surface area contributed by atoms with Gasteiger partial charge in [0.2, 0.25) is 5.91 Å². The minimum atomic E-state index is -0.858. The Kier molecular flexibility index (Phi) is 6.93. The van der Waals surface area contributed by atoms with E-state index in [1.807, 2.05) is 0 Å². The predicted octanol–water partition coefficient (Wildman–Crippen LogP) is 0.923. The van der Waals surface area contributed by atoms with Crippen LogP contribution >= 0.6 is 34.9 Å². The fourth-order valence-electron chi connectivity index (χ4n) is 1.68. The van der Waals surface area contributed by atoms with E-state index in [2.05, 4.69) is 10.3 Å². The molecular formula is C13H15N3O4S3. The number of nitrogens with zero attached hydrogens (tertiary/aromatic N) is 2. The highest BCUT2D eigenvalue weighted by molar-refractivity contribution is 8.00. The molecule has 0 fully saturated rings. The van der Waals surface area contributed by atoms with Gasteiger partial charge in [0.05, 0.1) is 17.2 Å². The number of amides is 1. The molecule has 2 aromatic rings. The maximum absolute atomic E-state index is 11.8. The molecule has 0 saturated carbocycles. The van der Waals surface area contributed by atoms with Crippen molar-refractivity contribution in [2.75, 3.05) is 23.8 Å². The summed E-state index contributed by atoms with van der Waals surface area (Å²) >= 11 is 4.04. The number of carbonyl (C=O) groups excluding carboxylic acids is 1. The summed E-state index contributed by atoms with van der Waals surface area (Å²) in [5.41, 5.74) is 0.541. The summed E-state index contributed by atoms with van der Waals surface area (Å²) in [4.78, 5) is 38.8. The molecule has 0 unspecified atom stereocenters. The van der Waals surface area contributed by atoms with Gasteiger partial charge >= 0.3 is 5.97 Å². The highest BCUT2D eigenvalue weighted by atomic mass is 32.2. The fraction of sp³-hybridized carbons (Fsp3) is 0.385. The summed E-state index contributed by atoms with van der Waals surface area (Å²) in [5.74, 6) is 0.398. The predicted molar refractivity (Wildman–Crippen MR) is 93.5 cm³/mol. The van der Waals surface area contributed by atoms with Gasteiger partial charge in [0.15, 0.2) is 4.96 Å². The monoisotopic (exact) mass is 373 g/mol. The third kappa shape index (κ3) is 5.88. The Labute approximate surface area is 144 Å². The number of aromatic nitrogens is 2. The second kappa shape index (κ2) is 8.94. The van der Waals surface area contributed by atoms with Gasteiger partial charge in [-0.05, 0) is 0 Å². The van der Waals surface area contributed by atoms with Crippen molar-refractivity contribution in [2.24, 2.45) is 0 Å². The van der Waals surface area contributed by atoms with Gasteiger partial charge in [-0.2, -0.15) is 0 Å². The van der Waals surface area contributed by atoms with Gasteiger partial charge in [-0.3, -0.25) is 18.8 Å². The van der Waals surface area contributed by atoms with Crippen LogP contribution in [0.1, 0.15) is 5.69 Å². The lowest BCUT2D eigenvalue weighted by Crippen LogP contribution is -2.27. The van der Waals surface area contributed by atoms with Crippen molar-refractivity contribution in [3.05, 3.63) is 33.7 Å². The lowest BCUT2D eigenvalue weighted by Gasteiger charge is -2.04. The van der Waals surface area contributed by atoms with Gasteiger partial charge < -0.3 is 10.4 Å². The molecule has 7 nitrogen and oxygen atoms in total. The third-order valence-electron chi connectivity index (χ3n) is 2.63. The average molecular weight is 373 g/mol. The first-order valence-electron chi connectivity index (χ1n) is 6.66. The van der Waals surface area contributed by atoms with Crippen LogP contribution in [0, 0.1) is 0 Å². The first kappa shape index (κ1) is 17.8. The Hall–Kier alpha value is -1.52. The number of hydrogen-bond donors (Lipinski definition) is 2. The van der Waals surface area contributed by atoms with E-state index in [4.69, 9.17) is 5.11 Å². The van der Waals surface area contributed by atoms with Gasteiger partial charge in [-0.1, -0.05) is 0 Å². The van der Waals surface area contributed by atoms with Crippen molar-refractivity contribution in [3.63, 3.8) is 0 Å². The third-order valence-corrected chi connectivity index (χ3v) is 5.30. The van der Waals surface area contributed by atoms with Crippen LogP contribution in [0.15, 0.2) is 22.4 Å². The minimum absolute atomic E-state index is 0.0387. The largest absolute Gasteiger partial charge is 0.481 e. The summed E-state index contributed by atoms with van der Waals surface area (Å²) in [6.45, 7) is 0.443. The second-order valence-corrected chi connectivity index (χ2v) is 7.39. The van der Waals surface area contributed by atoms with Crippen LogP contribution in [0.25, 0.3) is 4.96 Å². The van der Waals surface area contributed by atoms with Crippen molar-refractivity contribution in [3.8, 4) is 0 Å². The number of nitrogens with one attached hydrogen (secondary N) is 1. The van der Waals surface area contributed by atoms with Crippen molar-refractivity contribution in [1.82, 2.24) is 14.7 Å². The molecule has 2 aromatic heterocycles. The summed E-state index contributed by atoms with van der Waals surface area (Å²) < 4.78 is 1.49. The highest BCUT2D eigenvalue weighted by Crippen LogP contribution is 2.12. The molecule has 1 amide bonds. The molecule has 23 heavy (non-hydrogen) atoms. The van der Waals surface area contributed by atoms with E-state index in [1.54, 1.807) is 11.6 Å². The molecule has 124 valence electrons. The number of carboxylic acid groups (broad SMARTS) is 1. The summed E-state index contributed by atoms with van der Waals surface area (Å²) in [6.07, 6.45) is 1.68. The van der Waals surface area contributed by atoms with Crippen LogP contribution in [-0.4, -0.2) is 50.2 Å². The number of carboxylic acids is 1. The molecule has 0 atom stereocenters. The Morgan fingerprint density at radius 2 is 2.17 bits per heavy atom. The van der Waals surface area contributed by atoms with Crippen LogP contribution in [0.2, 0.25) is 0 Å². The van der Waals surface area contributed by atoms with Crippen molar-refractivity contribution in [2.45, 2.75) is 5.75 Å². The van der Waals surface area contributed by atoms with Gasteiger partial charge in [0.25, 0.3) is 5.56 Å². The molecule has 10 heteroatoms. The van der Waals surface area contributed by atoms with E-state index >= 15 is 0 Å². The number of hydrogen-bond acceptors (Lipinski definition) is 7. The quantitative estimate of drug-likeness (QED) is 0.631. The maximum Gasteiger partial charge on any atom is 0.313 e. The van der Waals surface area contributed by atoms with Crippen LogP contribution in [-0.2, 0) is 15.3 Å². The normalized spacial score (nSPS) is 10.8. The van der Waals surface area contributed by atoms with Crippen LogP contribution in [0.5, 0.6) is 0 Å². The molecule has 0 aliphatic carbocycles. The Morgan fingerprint density at radius 1 is 1.35 bits per heavy atom. The lowest BCUT2D eigenvalue weighted by atomic mass is 10.4. The molecular weight excluding hydrogens is 358 g/mol. The van der Waals surface area contributed by atoms with Gasteiger partial charge in [0, 0.05) is 35.7 Å². The van der Waals surface area contributed by atoms with Gasteiger partial charge in [-0.15, -0.1) is 34.9 Å². The molecule has 0 radical (unpaired) electrons. The number of carbonyl (C=O) groups is 2. The molecule has 0 spiro atoms. The van der Waals surface area contributed by atoms with E-state index in [9.17, 15) is 14.4 Å². The second-order valence-electron chi connectivity index (χ2n) is 4.43. The number of thiazole rings is 1. The van der Waals surface area contributed by atoms with E-state index in [1.165, 1.54) is 45.3 Å². The van der Waals surface area contributed by atoms with Crippen LogP contribution in [0.3, 0.4) is 0 Å². The van der Waals surface area contributed by atoms with Crippen molar-refractivity contribution < 1.29 is 14.7 Å². The smallest absolute Gasteiger partial charge is 0.313 e. The molecule has 0 bridgehead atoms.